The second kappa shape index (κ2) is 11.7. The number of hydroxylamine groups is 2. The van der Waals surface area contributed by atoms with Crippen molar-refractivity contribution in [1.29, 1.82) is 0 Å². The highest BCUT2D eigenvalue weighted by Crippen LogP contribution is 2.11. The van der Waals surface area contributed by atoms with Crippen molar-refractivity contribution in [2.24, 2.45) is 0 Å². The van der Waals surface area contributed by atoms with Gasteiger partial charge in [0.05, 0.1) is 6.61 Å². The predicted molar refractivity (Wildman–Crippen MR) is 78.5 cm³/mol. The number of unbranched alkanes of at least 4 members (excludes halogenated alkanes) is 6. The summed E-state index contributed by atoms with van der Waals surface area (Å²) in [6.45, 7) is 6.95. The smallest absolute Gasteiger partial charge is 0.0685 e. The third-order valence-corrected chi connectivity index (χ3v) is 3.64. The van der Waals surface area contributed by atoms with Gasteiger partial charge in [-0.1, -0.05) is 44.6 Å². The average molecular weight is 253 g/mol. The van der Waals surface area contributed by atoms with Gasteiger partial charge in [0, 0.05) is 13.1 Å². The average Bonchev–Trinajstić information content (AvgIpc) is 2.65. The van der Waals surface area contributed by atoms with Crippen LogP contribution in [0.25, 0.3) is 0 Å². The van der Waals surface area contributed by atoms with Crippen LogP contribution < -0.4 is 0 Å². The highest BCUT2D eigenvalue weighted by molar-refractivity contribution is 4.65. The molecule has 0 unspecified atom stereocenters. The molecule has 0 amide bonds. The first-order chi connectivity index (χ1) is 8.93. The van der Waals surface area contributed by atoms with Gasteiger partial charge < -0.3 is 0 Å². The van der Waals surface area contributed by atoms with Crippen LogP contribution in [0, 0.1) is 0 Å². The summed E-state index contributed by atoms with van der Waals surface area (Å²) in [5.41, 5.74) is 0. The molecular formula is C16H31NO. The Kier molecular flexibility index (Phi) is 10.2. The second-order valence-electron chi connectivity index (χ2n) is 5.38. The van der Waals surface area contributed by atoms with Crippen LogP contribution in [0.2, 0.25) is 0 Å². The van der Waals surface area contributed by atoms with Gasteiger partial charge in [-0.3, -0.25) is 4.84 Å². The fourth-order valence-corrected chi connectivity index (χ4v) is 2.46. The molecule has 0 saturated carbocycles. The number of nitrogens with zero attached hydrogens (tertiary/aromatic N) is 1. The molecule has 0 radical (unpaired) electrons. The summed E-state index contributed by atoms with van der Waals surface area (Å²) in [5, 5.41) is 2.19. The van der Waals surface area contributed by atoms with E-state index in [1.807, 2.05) is 6.08 Å². The van der Waals surface area contributed by atoms with Crippen molar-refractivity contribution in [3.63, 3.8) is 0 Å². The molecule has 0 aliphatic carbocycles. The maximum absolute atomic E-state index is 5.83. The molecule has 1 aliphatic heterocycles. The Hall–Kier alpha value is -0.340. The Morgan fingerprint density at radius 1 is 0.833 bits per heavy atom. The predicted octanol–water partition coefficient (Wildman–Crippen LogP) is 4.71. The van der Waals surface area contributed by atoms with E-state index >= 15 is 0 Å². The standard InChI is InChI=1S/C16H31NO/c1-2-3-4-5-6-7-10-13-16-18-17-14-11-8-9-12-15-17/h2H,1,3-16H2. The van der Waals surface area contributed by atoms with Gasteiger partial charge >= 0.3 is 0 Å². The van der Waals surface area contributed by atoms with Crippen molar-refractivity contribution in [2.45, 2.75) is 70.6 Å². The van der Waals surface area contributed by atoms with Crippen LogP contribution >= 0.6 is 0 Å². The summed E-state index contributed by atoms with van der Waals surface area (Å²) >= 11 is 0. The molecule has 1 aliphatic rings. The van der Waals surface area contributed by atoms with Crippen LogP contribution in [0.4, 0.5) is 0 Å². The molecule has 0 aromatic heterocycles. The largest absolute Gasteiger partial charge is 0.299 e. The summed E-state index contributed by atoms with van der Waals surface area (Å²) in [6.07, 6.45) is 16.5. The van der Waals surface area contributed by atoms with Crippen LogP contribution in [-0.4, -0.2) is 24.8 Å². The summed E-state index contributed by atoms with van der Waals surface area (Å²) < 4.78 is 0. The quantitative estimate of drug-likeness (QED) is 0.413. The lowest BCUT2D eigenvalue weighted by atomic mass is 10.1. The van der Waals surface area contributed by atoms with Gasteiger partial charge in [0.15, 0.2) is 0 Å². The molecule has 0 aromatic carbocycles. The van der Waals surface area contributed by atoms with E-state index in [0.29, 0.717) is 0 Å². The van der Waals surface area contributed by atoms with E-state index in [1.54, 1.807) is 0 Å². The van der Waals surface area contributed by atoms with Crippen molar-refractivity contribution in [3.05, 3.63) is 12.7 Å². The molecule has 1 saturated heterocycles. The van der Waals surface area contributed by atoms with Crippen molar-refractivity contribution in [3.8, 4) is 0 Å². The fourth-order valence-electron chi connectivity index (χ4n) is 2.46. The van der Waals surface area contributed by atoms with E-state index < -0.39 is 0 Å². The topological polar surface area (TPSA) is 12.5 Å². The van der Waals surface area contributed by atoms with Gasteiger partial charge in [0.25, 0.3) is 0 Å². The number of hydrogen-bond acceptors (Lipinski definition) is 2. The van der Waals surface area contributed by atoms with Crippen LogP contribution in [0.15, 0.2) is 12.7 Å². The first kappa shape index (κ1) is 15.7. The molecule has 2 nitrogen and oxygen atoms in total. The molecule has 0 spiro atoms. The van der Waals surface area contributed by atoms with Gasteiger partial charge in [-0.05, 0) is 32.1 Å². The van der Waals surface area contributed by atoms with Gasteiger partial charge in [-0.15, -0.1) is 6.58 Å². The minimum Gasteiger partial charge on any atom is -0.299 e. The van der Waals surface area contributed by atoms with Crippen LogP contribution in [-0.2, 0) is 4.84 Å². The van der Waals surface area contributed by atoms with Gasteiger partial charge in [0.1, 0.15) is 0 Å². The highest BCUT2D eigenvalue weighted by atomic mass is 16.7. The van der Waals surface area contributed by atoms with Crippen molar-refractivity contribution in [2.75, 3.05) is 19.7 Å². The number of allylic oxidation sites excluding steroid dienone is 1. The zero-order valence-electron chi connectivity index (χ0n) is 12.0. The first-order valence-electron chi connectivity index (χ1n) is 7.92. The van der Waals surface area contributed by atoms with E-state index in [4.69, 9.17) is 4.84 Å². The van der Waals surface area contributed by atoms with E-state index in [-0.39, 0.29) is 0 Å². The fraction of sp³-hybridized carbons (Fsp3) is 0.875. The molecule has 1 rings (SSSR count). The Balaban J connectivity index is 1.81. The molecule has 1 fully saturated rings. The number of rotatable bonds is 10. The van der Waals surface area contributed by atoms with E-state index in [0.717, 1.165) is 19.7 Å². The van der Waals surface area contributed by atoms with Crippen LogP contribution in [0.5, 0.6) is 0 Å². The lowest BCUT2D eigenvalue weighted by Gasteiger charge is -2.19. The minimum atomic E-state index is 0.923. The Morgan fingerprint density at radius 2 is 1.44 bits per heavy atom. The molecule has 18 heavy (non-hydrogen) atoms. The van der Waals surface area contributed by atoms with E-state index in [9.17, 15) is 0 Å². The molecule has 106 valence electrons. The van der Waals surface area contributed by atoms with Gasteiger partial charge in [0.2, 0.25) is 0 Å². The molecular weight excluding hydrogens is 222 g/mol. The normalized spacial score (nSPS) is 17.6. The Bertz CT molecular complexity index is 186. The van der Waals surface area contributed by atoms with E-state index in [2.05, 4.69) is 11.6 Å². The summed E-state index contributed by atoms with van der Waals surface area (Å²) in [6, 6.07) is 0. The highest BCUT2D eigenvalue weighted by Gasteiger charge is 2.08. The monoisotopic (exact) mass is 253 g/mol. The summed E-state index contributed by atoms with van der Waals surface area (Å²) in [7, 11) is 0. The number of hydrogen-bond donors (Lipinski definition) is 0. The Morgan fingerprint density at radius 3 is 2.11 bits per heavy atom. The third-order valence-electron chi connectivity index (χ3n) is 3.64. The second-order valence-corrected chi connectivity index (χ2v) is 5.38. The molecule has 2 heteroatoms. The molecule has 0 bridgehead atoms. The zero-order valence-corrected chi connectivity index (χ0v) is 12.0. The maximum Gasteiger partial charge on any atom is 0.0685 e. The maximum atomic E-state index is 5.83. The van der Waals surface area contributed by atoms with Crippen molar-refractivity contribution in [1.82, 2.24) is 5.06 Å². The Labute approximate surface area is 113 Å². The molecule has 0 atom stereocenters. The van der Waals surface area contributed by atoms with E-state index in [1.165, 1.54) is 70.6 Å². The molecule has 0 N–H and O–H groups in total. The molecule has 0 aromatic rings. The van der Waals surface area contributed by atoms with Gasteiger partial charge in [-0.25, -0.2) is 0 Å². The van der Waals surface area contributed by atoms with Gasteiger partial charge in [-0.2, -0.15) is 5.06 Å². The van der Waals surface area contributed by atoms with Crippen molar-refractivity contribution < 1.29 is 4.84 Å². The summed E-state index contributed by atoms with van der Waals surface area (Å²) in [5.74, 6) is 0. The lowest BCUT2D eigenvalue weighted by Crippen LogP contribution is -2.25. The van der Waals surface area contributed by atoms with Crippen LogP contribution in [0.3, 0.4) is 0 Å². The van der Waals surface area contributed by atoms with Crippen LogP contribution in [0.1, 0.15) is 70.6 Å². The van der Waals surface area contributed by atoms with Crippen molar-refractivity contribution >= 4 is 0 Å². The minimum absolute atomic E-state index is 0.923. The SMILES string of the molecule is C=CCCCCCCCCON1CCCCCC1. The zero-order chi connectivity index (χ0) is 12.9. The first-order valence-corrected chi connectivity index (χ1v) is 7.92. The summed E-state index contributed by atoms with van der Waals surface area (Å²) in [4.78, 5) is 5.83. The third kappa shape index (κ3) is 8.71. The lowest BCUT2D eigenvalue weighted by molar-refractivity contribution is -0.158. The molecule has 1 heterocycles.